The van der Waals surface area contributed by atoms with Crippen LogP contribution in [0.4, 0.5) is 5.69 Å². The van der Waals surface area contributed by atoms with Gasteiger partial charge in [-0.25, -0.2) is 4.79 Å². The van der Waals surface area contributed by atoms with Crippen LogP contribution in [0.15, 0.2) is 18.2 Å². The maximum absolute atomic E-state index is 11.3. The summed E-state index contributed by atoms with van der Waals surface area (Å²) in [5.41, 5.74) is 0.457. The zero-order valence-corrected chi connectivity index (χ0v) is 10.8. The van der Waals surface area contributed by atoms with Gasteiger partial charge in [-0.2, -0.15) is 0 Å². The number of benzene rings is 1. The molecule has 92 valence electrons. The molecule has 0 heterocycles. The van der Waals surface area contributed by atoms with E-state index in [-0.39, 0.29) is 17.2 Å². The Hall–Kier alpha value is -1.56. The van der Waals surface area contributed by atoms with Gasteiger partial charge in [-0.1, -0.05) is 15.9 Å². The molecular weight excluding hydrogens is 290 g/mol. The second kappa shape index (κ2) is 6.24. The predicted octanol–water partition coefficient (Wildman–Crippen LogP) is 1.90. The largest absolute Gasteiger partial charge is 0.507 e. The molecule has 0 saturated heterocycles. The highest BCUT2D eigenvalue weighted by molar-refractivity contribution is 9.09. The van der Waals surface area contributed by atoms with Gasteiger partial charge in [0.2, 0.25) is 5.91 Å². The number of methoxy groups -OCH3 is 1. The van der Waals surface area contributed by atoms with Gasteiger partial charge in [-0.15, -0.1) is 0 Å². The Balaban J connectivity index is 2.89. The first-order chi connectivity index (χ1) is 8.08. The van der Waals surface area contributed by atoms with Gasteiger partial charge >= 0.3 is 5.97 Å². The molecule has 1 amide bonds. The standard InChI is InChI=1S/C11H12BrNO4/c1-17-11(16)8-6-7(2-3-9(8)14)13-10(15)4-5-12/h2-3,6,14H,4-5H2,1H3,(H,13,15). The number of carbonyl (C=O) groups excluding carboxylic acids is 2. The molecule has 2 N–H and O–H groups in total. The number of ether oxygens (including phenoxy) is 1. The van der Waals surface area contributed by atoms with Crippen molar-refractivity contribution in [3.05, 3.63) is 23.8 Å². The second-order valence-corrected chi connectivity index (χ2v) is 4.00. The van der Waals surface area contributed by atoms with Crippen molar-refractivity contribution in [3.8, 4) is 5.75 Å². The SMILES string of the molecule is COC(=O)c1cc(NC(=O)CCBr)ccc1O. The molecule has 17 heavy (non-hydrogen) atoms. The molecule has 0 atom stereocenters. The molecule has 1 rings (SSSR count). The molecule has 5 nitrogen and oxygen atoms in total. The van der Waals surface area contributed by atoms with E-state index >= 15 is 0 Å². The quantitative estimate of drug-likeness (QED) is 0.506. The Morgan fingerprint density at radius 3 is 2.76 bits per heavy atom. The van der Waals surface area contributed by atoms with E-state index in [1.807, 2.05) is 0 Å². The number of aromatic hydroxyl groups is 1. The molecule has 0 bridgehead atoms. The molecular formula is C11H12BrNO4. The maximum Gasteiger partial charge on any atom is 0.341 e. The summed E-state index contributed by atoms with van der Waals surface area (Å²) in [6, 6.07) is 4.21. The Labute approximate surface area is 107 Å². The number of nitrogens with one attached hydrogen (secondary N) is 1. The Kier molecular flexibility index (Phi) is 4.96. The van der Waals surface area contributed by atoms with E-state index in [9.17, 15) is 14.7 Å². The minimum Gasteiger partial charge on any atom is -0.507 e. The van der Waals surface area contributed by atoms with Crippen LogP contribution in [-0.2, 0) is 9.53 Å². The third kappa shape index (κ3) is 3.74. The van der Waals surface area contributed by atoms with Gasteiger partial charge in [0, 0.05) is 17.4 Å². The molecule has 0 aliphatic rings. The Morgan fingerprint density at radius 1 is 1.47 bits per heavy atom. The molecule has 6 heteroatoms. The summed E-state index contributed by atoms with van der Waals surface area (Å²) in [5, 5.41) is 12.6. The van der Waals surface area contributed by atoms with Crippen LogP contribution in [0, 0.1) is 0 Å². The fourth-order valence-electron chi connectivity index (χ4n) is 1.20. The summed E-state index contributed by atoms with van der Waals surface area (Å²) in [4.78, 5) is 22.6. The zero-order chi connectivity index (χ0) is 12.8. The summed E-state index contributed by atoms with van der Waals surface area (Å²) < 4.78 is 4.51. The van der Waals surface area contributed by atoms with Crippen LogP contribution in [0.25, 0.3) is 0 Å². The van der Waals surface area contributed by atoms with Crippen LogP contribution < -0.4 is 5.32 Å². The fraction of sp³-hybridized carbons (Fsp3) is 0.273. The number of phenols is 1. The van der Waals surface area contributed by atoms with Gasteiger partial charge in [-0.05, 0) is 18.2 Å². The lowest BCUT2D eigenvalue weighted by Gasteiger charge is -2.07. The number of alkyl halides is 1. The lowest BCUT2D eigenvalue weighted by atomic mass is 10.1. The average Bonchev–Trinajstić information content (AvgIpc) is 2.31. The fourth-order valence-corrected chi connectivity index (χ4v) is 1.56. The number of carbonyl (C=O) groups is 2. The maximum atomic E-state index is 11.3. The smallest absolute Gasteiger partial charge is 0.341 e. The summed E-state index contributed by atoms with van der Waals surface area (Å²) >= 11 is 3.15. The molecule has 0 fully saturated rings. The minimum atomic E-state index is -0.654. The van der Waals surface area contributed by atoms with E-state index in [0.29, 0.717) is 17.4 Å². The van der Waals surface area contributed by atoms with Gasteiger partial charge < -0.3 is 15.2 Å². The first-order valence-electron chi connectivity index (χ1n) is 4.85. The van der Waals surface area contributed by atoms with Gasteiger partial charge in [0.1, 0.15) is 11.3 Å². The van der Waals surface area contributed by atoms with Crippen molar-refractivity contribution in [2.75, 3.05) is 17.8 Å². The van der Waals surface area contributed by atoms with Crippen LogP contribution in [0.1, 0.15) is 16.8 Å². The van der Waals surface area contributed by atoms with E-state index in [4.69, 9.17) is 0 Å². The number of esters is 1. The highest BCUT2D eigenvalue weighted by Crippen LogP contribution is 2.22. The van der Waals surface area contributed by atoms with Gasteiger partial charge in [0.05, 0.1) is 7.11 Å². The van der Waals surface area contributed by atoms with Gasteiger partial charge in [-0.3, -0.25) is 4.79 Å². The lowest BCUT2D eigenvalue weighted by Crippen LogP contribution is -2.12. The monoisotopic (exact) mass is 301 g/mol. The van der Waals surface area contributed by atoms with Crippen molar-refractivity contribution in [3.63, 3.8) is 0 Å². The van der Waals surface area contributed by atoms with Crippen LogP contribution in [0.3, 0.4) is 0 Å². The molecule has 0 saturated carbocycles. The van der Waals surface area contributed by atoms with Crippen LogP contribution in [0.2, 0.25) is 0 Å². The molecule has 1 aromatic rings. The molecule has 0 unspecified atom stereocenters. The van der Waals surface area contributed by atoms with Gasteiger partial charge in [0.25, 0.3) is 0 Å². The lowest BCUT2D eigenvalue weighted by molar-refractivity contribution is -0.115. The Bertz CT molecular complexity index is 433. The number of phenolic OH excluding ortho intramolecular Hbond substituents is 1. The predicted molar refractivity (Wildman–Crippen MR) is 66.5 cm³/mol. The molecule has 1 aromatic carbocycles. The molecule has 0 aromatic heterocycles. The number of amides is 1. The number of anilines is 1. The highest BCUT2D eigenvalue weighted by Gasteiger charge is 2.12. The third-order valence-electron chi connectivity index (χ3n) is 2.01. The average molecular weight is 302 g/mol. The molecule has 0 radical (unpaired) electrons. The van der Waals surface area contributed by atoms with Crippen LogP contribution >= 0.6 is 15.9 Å². The second-order valence-electron chi connectivity index (χ2n) is 3.21. The van der Waals surface area contributed by atoms with E-state index in [2.05, 4.69) is 26.0 Å². The first kappa shape index (κ1) is 13.5. The Morgan fingerprint density at radius 2 is 2.18 bits per heavy atom. The summed E-state index contributed by atoms with van der Waals surface area (Å²) in [6.45, 7) is 0. The van der Waals surface area contributed by atoms with Crippen molar-refractivity contribution >= 4 is 33.5 Å². The van der Waals surface area contributed by atoms with Crippen molar-refractivity contribution < 1.29 is 19.4 Å². The van der Waals surface area contributed by atoms with Crippen LogP contribution in [-0.4, -0.2) is 29.4 Å². The number of hydrogen-bond acceptors (Lipinski definition) is 4. The number of hydrogen-bond donors (Lipinski definition) is 2. The zero-order valence-electron chi connectivity index (χ0n) is 9.20. The van der Waals surface area contributed by atoms with Gasteiger partial charge in [0.15, 0.2) is 0 Å². The number of halogens is 1. The molecule has 0 spiro atoms. The first-order valence-corrected chi connectivity index (χ1v) is 5.97. The summed E-state index contributed by atoms with van der Waals surface area (Å²) in [6.07, 6.45) is 0.328. The summed E-state index contributed by atoms with van der Waals surface area (Å²) in [7, 11) is 1.22. The van der Waals surface area contributed by atoms with Crippen molar-refractivity contribution in [2.24, 2.45) is 0 Å². The highest BCUT2D eigenvalue weighted by atomic mass is 79.9. The normalized spacial score (nSPS) is 9.76. The van der Waals surface area contributed by atoms with Crippen molar-refractivity contribution in [1.29, 1.82) is 0 Å². The van der Waals surface area contributed by atoms with Crippen molar-refractivity contribution in [2.45, 2.75) is 6.42 Å². The van der Waals surface area contributed by atoms with E-state index in [1.54, 1.807) is 0 Å². The topological polar surface area (TPSA) is 75.6 Å². The number of rotatable bonds is 4. The van der Waals surface area contributed by atoms with Crippen LogP contribution in [0.5, 0.6) is 5.75 Å². The summed E-state index contributed by atoms with van der Waals surface area (Å²) in [5.74, 6) is -1.02. The van der Waals surface area contributed by atoms with Crippen molar-refractivity contribution in [1.82, 2.24) is 0 Å². The van der Waals surface area contributed by atoms with E-state index in [0.717, 1.165) is 0 Å². The molecule has 0 aliphatic heterocycles. The van der Waals surface area contributed by atoms with E-state index in [1.165, 1.54) is 25.3 Å². The minimum absolute atomic E-state index is 0.0177. The molecule has 0 aliphatic carbocycles. The third-order valence-corrected chi connectivity index (χ3v) is 2.40. The van der Waals surface area contributed by atoms with E-state index < -0.39 is 5.97 Å².